The van der Waals surface area contributed by atoms with Crippen molar-refractivity contribution in [2.24, 2.45) is 0 Å². The predicted octanol–water partition coefficient (Wildman–Crippen LogP) is 3.97. The first-order valence-corrected chi connectivity index (χ1v) is 7.66. The van der Waals surface area contributed by atoms with Crippen LogP contribution in [0.4, 0.5) is 5.69 Å². The lowest BCUT2D eigenvalue weighted by Gasteiger charge is -2.08. The normalized spacial score (nSPS) is 10.6. The molecule has 0 fully saturated rings. The predicted molar refractivity (Wildman–Crippen MR) is 85.3 cm³/mol. The van der Waals surface area contributed by atoms with Crippen LogP contribution in [0.15, 0.2) is 35.4 Å². The number of rotatable bonds is 5. The van der Waals surface area contributed by atoms with E-state index in [9.17, 15) is 0 Å². The number of nitrogen functional groups attached to an aromatic ring is 1. The molecule has 2 rings (SSSR count). The van der Waals surface area contributed by atoms with E-state index >= 15 is 0 Å². The van der Waals surface area contributed by atoms with Gasteiger partial charge >= 0.3 is 0 Å². The Morgan fingerprint density at radius 3 is 2.50 bits per heavy atom. The summed E-state index contributed by atoms with van der Waals surface area (Å²) in [7, 11) is 0. The Morgan fingerprint density at radius 1 is 1.15 bits per heavy atom. The van der Waals surface area contributed by atoms with Crippen molar-refractivity contribution in [2.45, 2.75) is 31.6 Å². The van der Waals surface area contributed by atoms with Crippen molar-refractivity contribution in [2.75, 3.05) is 12.3 Å². The molecule has 3 nitrogen and oxygen atoms in total. The van der Waals surface area contributed by atoms with Crippen molar-refractivity contribution >= 4 is 17.4 Å². The molecular formula is C16H20N2OS. The van der Waals surface area contributed by atoms with Crippen molar-refractivity contribution in [3.05, 3.63) is 47.0 Å². The third kappa shape index (κ3) is 3.90. The Hall–Kier alpha value is -1.68. The number of aromatic nitrogens is 1. The van der Waals surface area contributed by atoms with Gasteiger partial charge in [0.25, 0.3) is 0 Å². The molecule has 2 N–H and O–H groups in total. The molecule has 0 amide bonds. The molecule has 0 radical (unpaired) electrons. The van der Waals surface area contributed by atoms with E-state index in [1.54, 1.807) is 11.8 Å². The van der Waals surface area contributed by atoms with Gasteiger partial charge in [0, 0.05) is 5.75 Å². The van der Waals surface area contributed by atoms with Gasteiger partial charge in [0.1, 0.15) is 5.03 Å². The highest BCUT2D eigenvalue weighted by atomic mass is 32.2. The van der Waals surface area contributed by atoms with E-state index in [4.69, 9.17) is 10.5 Å². The summed E-state index contributed by atoms with van der Waals surface area (Å²) in [5.74, 6) is 1.42. The van der Waals surface area contributed by atoms with Crippen molar-refractivity contribution in [1.82, 2.24) is 4.98 Å². The van der Waals surface area contributed by atoms with Gasteiger partial charge in [0.15, 0.2) is 0 Å². The molecule has 1 aromatic carbocycles. The van der Waals surface area contributed by atoms with Crippen LogP contribution in [0.3, 0.4) is 0 Å². The van der Waals surface area contributed by atoms with Gasteiger partial charge in [-0.2, -0.15) is 0 Å². The monoisotopic (exact) mass is 288 g/mol. The standard InChI is InChI=1S/C16H20N2OS/c1-4-19-16-14(17)5-6-15(18-16)20-10-13-8-11(2)7-12(3)9-13/h5-9H,4,10,17H2,1-3H3. The van der Waals surface area contributed by atoms with E-state index < -0.39 is 0 Å². The van der Waals surface area contributed by atoms with Gasteiger partial charge in [-0.25, -0.2) is 4.98 Å². The summed E-state index contributed by atoms with van der Waals surface area (Å²) in [4.78, 5) is 4.44. The van der Waals surface area contributed by atoms with Gasteiger partial charge in [-0.3, -0.25) is 0 Å². The summed E-state index contributed by atoms with van der Waals surface area (Å²) < 4.78 is 5.42. The molecule has 0 aliphatic carbocycles. The Kier molecular flexibility index (Phi) is 4.90. The zero-order chi connectivity index (χ0) is 14.5. The van der Waals surface area contributed by atoms with E-state index in [2.05, 4.69) is 37.0 Å². The van der Waals surface area contributed by atoms with Crippen molar-refractivity contribution < 1.29 is 4.74 Å². The van der Waals surface area contributed by atoms with Crippen LogP contribution in [0, 0.1) is 13.8 Å². The number of thioether (sulfide) groups is 1. The lowest BCUT2D eigenvalue weighted by Crippen LogP contribution is -2.00. The molecule has 1 heterocycles. The number of nitrogens with zero attached hydrogens (tertiary/aromatic N) is 1. The van der Waals surface area contributed by atoms with E-state index in [1.807, 2.05) is 19.1 Å². The maximum atomic E-state index is 5.83. The van der Waals surface area contributed by atoms with Crippen molar-refractivity contribution in [3.8, 4) is 5.88 Å². The van der Waals surface area contributed by atoms with E-state index in [0.717, 1.165) is 10.8 Å². The second-order valence-electron chi connectivity index (χ2n) is 4.76. The molecule has 20 heavy (non-hydrogen) atoms. The third-order valence-electron chi connectivity index (χ3n) is 2.81. The molecule has 106 valence electrons. The molecule has 0 atom stereocenters. The molecule has 0 aliphatic rings. The summed E-state index contributed by atoms with van der Waals surface area (Å²) >= 11 is 1.69. The minimum absolute atomic E-state index is 0.526. The summed E-state index contributed by atoms with van der Waals surface area (Å²) in [5, 5.41) is 0.932. The largest absolute Gasteiger partial charge is 0.476 e. The van der Waals surface area contributed by atoms with Crippen LogP contribution in [-0.2, 0) is 5.75 Å². The van der Waals surface area contributed by atoms with E-state index in [1.165, 1.54) is 16.7 Å². The van der Waals surface area contributed by atoms with Crippen LogP contribution in [-0.4, -0.2) is 11.6 Å². The van der Waals surface area contributed by atoms with Gasteiger partial charge < -0.3 is 10.5 Å². The van der Waals surface area contributed by atoms with Crippen molar-refractivity contribution in [3.63, 3.8) is 0 Å². The molecule has 4 heteroatoms. The summed E-state index contributed by atoms with van der Waals surface area (Å²) in [5.41, 5.74) is 10.3. The van der Waals surface area contributed by atoms with Gasteiger partial charge in [-0.15, -0.1) is 11.8 Å². The lowest BCUT2D eigenvalue weighted by molar-refractivity contribution is 0.326. The molecule has 2 aromatic rings. The third-order valence-corrected chi connectivity index (χ3v) is 3.81. The van der Waals surface area contributed by atoms with Crippen LogP contribution >= 0.6 is 11.8 Å². The first-order chi connectivity index (χ1) is 9.58. The minimum atomic E-state index is 0.526. The SMILES string of the molecule is CCOc1nc(SCc2cc(C)cc(C)c2)ccc1N. The quantitative estimate of drug-likeness (QED) is 0.846. The second kappa shape index (κ2) is 6.66. The van der Waals surface area contributed by atoms with Crippen LogP contribution in [0.2, 0.25) is 0 Å². The Labute approximate surface area is 124 Å². The molecule has 0 saturated heterocycles. The smallest absolute Gasteiger partial charge is 0.238 e. The highest BCUT2D eigenvalue weighted by molar-refractivity contribution is 7.98. The number of hydrogen-bond donors (Lipinski definition) is 1. The first kappa shape index (κ1) is 14.7. The average molecular weight is 288 g/mol. The van der Waals surface area contributed by atoms with E-state index in [0.29, 0.717) is 18.2 Å². The number of aryl methyl sites for hydroxylation is 2. The summed E-state index contributed by atoms with van der Waals surface area (Å²) in [6.07, 6.45) is 0. The number of benzene rings is 1. The number of pyridine rings is 1. The summed E-state index contributed by atoms with van der Waals surface area (Å²) in [6, 6.07) is 10.4. The second-order valence-corrected chi connectivity index (χ2v) is 5.76. The molecule has 0 saturated carbocycles. The number of anilines is 1. The molecule has 0 aliphatic heterocycles. The molecule has 1 aromatic heterocycles. The van der Waals surface area contributed by atoms with Crippen LogP contribution in [0.25, 0.3) is 0 Å². The summed E-state index contributed by atoms with van der Waals surface area (Å²) in [6.45, 7) is 6.74. The maximum absolute atomic E-state index is 5.83. The van der Waals surface area contributed by atoms with Crippen molar-refractivity contribution in [1.29, 1.82) is 0 Å². The molecule has 0 unspecified atom stereocenters. The lowest BCUT2D eigenvalue weighted by atomic mass is 10.1. The van der Waals surface area contributed by atoms with Crippen LogP contribution in [0.1, 0.15) is 23.6 Å². The number of ether oxygens (including phenoxy) is 1. The average Bonchev–Trinajstić information content (AvgIpc) is 2.39. The minimum Gasteiger partial charge on any atom is -0.476 e. The van der Waals surface area contributed by atoms with E-state index in [-0.39, 0.29) is 0 Å². The fraction of sp³-hybridized carbons (Fsp3) is 0.312. The fourth-order valence-electron chi connectivity index (χ4n) is 2.08. The first-order valence-electron chi connectivity index (χ1n) is 6.67. The highest BCUT2D eigenvalue weighted by Gasteiger charge is 2.05. The fourth-order valence-corrected chi connectivity index (χ4v) is 2.87. The number of hydrogen-bond acceptors (Lipinski definition) is 4. The van der Waals surface area contributed by atoms with Crippen LogP contribution in [0.5, 0.6) is 5.88 Å². The number of nitrogens with two attached hydrogens (primary N) is 1. The van der Waals surface area contributed by atoms with Crippen LogP contribution < -0.4 is 10.5 Å². The highest BCUT2D eigenvalue weighted by Crippen LogP contribution is 2.27. The Balaban J connectivity index is 2.08. The van der Waals surface area contributed by atoms with Gasteiger partial charge in [0.05, 0.1) is 12.3 Å². The molecular weight excluding hydrogens is 268 g/mol. The zero-order valence-corrected chi connectivity index (χ0v) is 13.0. The molecule has 0 bridgehead atoms. The van der Waals surface area contributed by atoms with Gasteiger partial charge in [0.2, 0.25) is 5.88 Å². The maximum Gasteiger partial charge on any atom is 0.238 e. The van der Waals surface area contributed by atoms with Gasteiger partial charge in [-0.1, -0.05) is 29.3 Å². The van der Waals surface area contributed by atoms with Gasteiger partial charge in [-0.05, 0) is 38.5 Å². The molecule has 0 spiro atoms. The Bertz CT molecular complexity index is 579. The Morgan fingerprint density at radius 2 is 1.85 bits per heavy atom. The topological polar surface area (TPSA) is 48.1 Å². The zero-order valence-electron chi connectivity index (χ0n) is 12.1.